The Bertz CT molecular complexity index is 650. The summed E-state index contributed by atoms with van der Waals surface area (Å²) in [4.78, 5) is 25.1. The third-order valence-corrected chi connectivity index (χ3v) is 5.03. The van der Waals surface area contributed by atoms with Crippen LogP contribution in [0.25, 0.3) is 0 Å². The average Bonchev–Trinajstić information content (AvgIpc) is 2.85. The third-order valence-electron chi connectivity index (χ3n) is 3.86. The number of nitrogens with two attached hydrogens (primary N) is 1. The average molecular weight is 322 g/mol. The molecule has 0 unspecified atom stereocenters. The second-order valence-corrected chi connectivity index (χ2v) is 6.68. The van der Waals surface area contributed by atoms with Gasteiger partial charge in [-0.15, -0.1) is 11.3 Å². The number of hydrogen-bond acceptors (Lipinski definition) is 5. The molecule has 7 heteroatoms. The number of amides is 2. The standard InChI is InChI=1S/C15H18N2O4S/c1-8-2-3-9-11(6-8)22-15(12(9)13(16)18)17-14(19)10-7-20-4-5-21-10/h7-8H,2-6H2,1H3,(H2,16,18)(H,17,19)/t8-/m0/s1. The van der Waals surface area contributed by atoms with Crippen LogP contribution in [0.15, 0.2) is 12.0 Å². The van der Waals surface area contributed by atoms with Gasteiger partial charge >= 0.3 is 0 Å². The first kappa shape index (κ1) is 14.9. The molecule has 0 spiro atoms. The van der Waals surface area contributed by atoms with Crippen molar-refractivity contribution >= 4 is 28.2 Å². The Morgan fingerprint density at radius 1 is 1.41 bits per heavy atom. The van der Waals surface area contributed by atoms with Crippen LogP contribution in [0.5, 0.6) is 0 Å². The number of ether oxygens (including phenoxy) is 2. The summed E-state index contributed by atoms with van der Waals surface area (Å²) in [5, 5.41) is 3.25. The van der Waals surface area contributed by atoms with E-state index in [0.717, 1.165) is 29.7 Å². The first-order valence-electron chi connectivity index (χ1n) is 7.26. The fraction of sp³-hybridized carbons (Fsp3) is 0.467. The zero-order valence-electron chi connectivity index (χ0n) is 12.3. The number of fused-ring (bicyclic) bond motifs is 1. The predicted octanol–water partition coefficient (Wildman–Crippen LogP) is 1.80. The van der Waals surface area contributed by atoms with Gasteiger partial charge in [-0.3, -0.25) is 9.59 Å². The number of carbonyl (C=O) groups excluding carboxylic acids is 2. The fourth-order valence-electron chi connectivity index (χ4n) is 2.75. The second-order valence-electron chi connectivity index (χ2n) is 5.58. The minimum absolute atomic E-state index is 0.112. The summed E-state index contributed by atoms with van der Waals surface area (Å²) < 4.78 is 10.3. The van der Waals surface area contributed by atoms with Gasteiger partial charge < -0.3 is 20.5 Å². The maximum atomic E-state index is 12.2. The summed E-state index contributed by atoms with van der Waals surface area (Å²) in [6, 6.07) is 0. The molecule has 1 aliphatic heterocycles. The Morgan fingerprint density at radius 2 is 2.23 bits per heavy atom. The van der Waals surface area contributed by atoms with Crippen LogP contribution in [-0.4, -0.2) is 25.0 Å². The van der Waals surface area contributed by atoms with E-state index in [2.05, 4.69) is 12.2 Å². The highest BCUT2D eigenvalue weighted by atomic mass is 32.1. The molecule has 6 nitrogen and oxygen atoms in total. The summed E-state index contributed by atoms with van der Waals surface area (Å²) in [6.45, 7) is 2.94. The number of nitrogens with one attached hydrogen (secondary N) is 1. The summed E-state index contributed by atoms with van der Waals surface area (Å²) in [6.07, 6.45) is 4.06. The zero-order chi connectivity index (χ0) is 15.7. The molecule has 2 amide bonds. The van der Waals surface area contributed by atoms with E-state index < -0.39 is 11.8 Å². The van der Waals surface area contributed by atoms with E-state index >= 15 is 0 Å². The van der Waals surface area contributed by atoms with Crippen molar-refractivity contribution in [3.8, 4) is 0 Å². The molecule has 0 radical (unpaired) electrons. The van der Waals surface area contributed by atoms with Crippen molar-refractivity contribution in [1.82, 2.24) is 0 Å². The third kappa shape index (κ3) is 2.81. The van der Waals surface area contributed by atoms with Crippen LogP contribution in [0.2, 0.25) is 0 Å². The summed E-state index contributed by atoms with van der Waals surface area (Å²) in [5.41, 5.74) is 6.95. The molecule has 0 bridgehead atoms. The fourth-order valence-corrected chi connectivity index (χ4v) is 4.16. The monoisotopic (exact) mass is 322 g/mol. The Kier molecular flexibility index (Phi) is 4.06. The Hall–Kier alpha value is -2.02. The number of hydrogen-bond donors (Lipinski definition) is 2. The van der Waals surface area contributed by atoms with E-state index in [0.29, 0.717) is 29.7 Å². The molecule has 0 saturated carbocycles. The van der Waals surface area contributed by atoms with E-state index in [1.165, 1.54) is 17.6 Å². The molecule has 22 heavy (non-hydrogen) atoms. The van der Waals surface area contributed by atoms with Gasteiger partial charge in [0.1, 0.15) is 24.5 Å². The quantitative estimate of drug-likeness (QED) is 0.888. The van der Waals surface area contributed by atoms with Gasteiger partial charge in [-0.1, -0.05) is 6.92 Å². The number of thiophene rings is 1. The number of anilines is 1. The molecule has 0 aromatic carbocycles. The van der Waals surface area contributed by atoms with Crippen molar-refractivity contribution in [2.45, 2.75) is 26.2 Å². The highest BCUT2D eigenvalue weighted by Crippen LogP contribution is 2.39. The molecular weight excluding hydrogens is 304 g/mol. The maximum Gasteiger partial charge on any atom is 0.294 e. The second kappa shape index (κ2) is 6.00. The smallest absolute Gasteiger partial charge is 0.294 e. The molecule has 118 valence electrons. The molecule has 1 aromatic rings. The van der Waals surface area contributed by atoms with Crippen molar-refractivity contribution in [3.63, 3.8) is 0 Å². The van der Waals surface area contributed by atoms with E-state index in [-0.39, 0.29) is 5.76 Å². The topological polar surface area (TPSA) is 90.7 Å². The van der Waals surface area contributed by atoms with Crippen molar-refractivity contribution in [2.75, 3.05) is 18.5 Å². The molecule has 3 rings (SSSR count). The zero-order valence-corrected chi connectivity index (χ0v) is 13.1. The Labute approximate surface area is 132 Å². The van der Waals surface area contributed by atoms with Crippen molar-refractivity contribution < 1.29 is 19.1 Å². The lowest BCUT2D eigenvalue weighted by atomic mass is 9.88. The van der Waals surface area contributed by atoms with Gasteiger partial charge in [0.25, 0.3) is 11.8 Å². The van der Waals surface area contributed by atoms with Gasteiger partial charge in [-0.25, -0.2) is 0 Å². The van der Waals surface area contributed by atoms with Gasteiger partial charge in [0.05, 0.1) is 5.56 Å². The van der Waals surface area contributed by atoms with Crippen LogP contribution in [0.1, 0.15) is 34.1 Å². The van der Waals surface area contributed by atoms with Gasteiger partial charge in [-0.2, -0.15) is 0 Å². The van der Waals surface area contributed by atoms with Crippen LogP contribution >= 0.6 is 11.3 Å². The Morgan fingerprint density at radius 3 is 2.91 bits per heavy atom. The number of primary amides is 1. The first-order chi connectivity index (χ1) is 10.6. The van der Waals surface area contributed by atoms with Crippen LogP contribution < -0.4 is 11.1 Å². The lowest BCUT2D eigenvalue weighted by Crippen LogP contribution is -2.23. The molecule has 3 N–H and O–H groups in total. The first-order valence-corrected chi connectivity index (χ1v) is 8.08. The Balaban J connectivity index is 1.88. The predicted molar refractivity (Wildman–Crippen MR) is 82.6 cm³/mol. The SMILES string of the molecule is C[C@H]1CCc2c(sc(NC(=O)C3=COCCO3)c2C(N)=O)C1. The van der Waals surface area contributed by atoms with Crippen molar-refractivity contribution in [2.24, 2.45) is 11.7 Å². The lowest BCUT2D eigenvalue weighted by Gasteiger charge is -2.18. The minimum Gasteiger partial charge on any atom is -0.494 e. The van der Waals surface area contributed by atoms with Crippen LogP contribution in [0, 0.1) is 5.92 Å². The molecule has 1 aliphatic carbocycles. The summed E-state index contributed by atoms with van der Waals surface area (Å²) in [5.74, 6) is -0.236. The van der Waals surface area contributed by atoms with Gasteiger partial charge in [0, 0.05) is 4.88 Å². The minimum atomic E-state index is -0.503. The highest BCUT2D eigenvalue weighted by molar-refractivity contribution is 7.17. The molecule has 0 fully saturated rings. The highest BCUT2D eigenvalue weighted by Gasteiger charge is 2.28. The van der Waals surface area contributed by atoms with E-state index in [1.54, 1.807) is 0 Å². The van der Waals surface area contributed by atoms with Gasteiger partial charge in [-0.05, 0) is 30.7 Å². The van der Waals surface area contributed by atoms with Gasteiger partial charge in [0.2, 0.25) is 5.76 Å². The molecule has 0 saturated heterocycles. The normalized spacial score (nSPS) is 20.2. The van der Waals surface area contributed by atoms with Crippen LogP contribution in [0.3, 0.4) is 0 Å². The molecule has 2 heterocycles. The molecule has 1 aromatic heterocycles. The molecule has 2 aliphatic rings. The molecule has 1 atom stereocenters. The number of carbonyl (C=O) groups is 2. The molecular formula is C15H18N2O4S. The van der Waals surface area contributed by atoms with Crippen LogP contribution in [0.4, 0.5) is 5.00 Å². The van der Waals surface area contributed by atoms with E-state index in [9.17, 15) is 9.59 Å². The maximum absolute atomic E-state index is 12.2. The summed E-state index contributed by atoms with van der Waals surface area (Å²) in [7, 11) is 0. The van der Waals surface area contributed by atoms with Gasteiger partial charge in [0.15, 0.2) is 0 Å². The number of rotatable bonds is 3. The lowest BCUT2D eigenvalue weighted by molar-refractivity contribution is -0.117. The van der Waals surface area contributed by atoms with E-state index in [4.69, 9.17) is 15.2 Å². The van der Waals surface area contributed by atoms with Crippen LogP contribution in [-0.2, 0) is 27.1 Å². The summed E-state index contributed by atoms with van der Waals surface area (Å²) >= 11 is 1.43. The largest absolute Gasteiger partial charge is 0.494 e. The van der Waals surface area contributed by atoms with Crippen molar-refractivity contribution in [1.29, 1.82) is 0 Å². The van der Waals surface area contributed by atoms with Crippen molar-refractivity contribution in [3.05, 3.63) is 28.0 Å². The van der Waals surface area contributed by atoms with E-state index in [1.807, 2.05) is 0 Å².